The number of benzene rings is 1. The van der Waals surface area contributed by atoms with Gasteiger partial charge in [0.05, 0.1) is 18.7 Å². The molecule has 0 spiro atoms. The van der Waals surface area contributed by atoms with E-state index in [0.717, 1.165) is 24.2 Å². The second kappa shape index (κ2) is 9.75. The average Bonchev–Trinajstić information content (AvgIpc) is 3.04. The lowest BCUT2D eigenvalue weighted by Crippen LogP contribution is -2.38. The quantitative estimate of drug-likeness (QED) is 0.399. The largest absolute Gasteiger partial charge is 0.507 e. The summed E-state index contributed by atoms with van der Waals surface area (Å²) in [6.45, 7) is 8.68. The third-order valence-corrected chi connectivity index (χ3v) is 5.80. The van der Waals surface area contributed by atoms with Crippen LogP contribution in [0, 0.1) is 6.92 Å². The molecule has 1 aromatic heterocycles. The fraction of sp³-hybridized carbons (Fsp3) is 0.375. The maximum absolute atomic E-state index is 13.1. The summed E-state index contributed by atoms with van der Waals surface area (Å²) in [5, 5.41) is 11.2. The first-order valence-corrected chi connectivity index (χ1v) is 10.5. The average molecular weight is 424 g/mol. The van der Waals surface area contributed by atoms with Crippen LogP contribution in [0.25, 0.3) is 5.76 Å². The van der Waals surface area contributed by atoms with E-state index < -0.39 is 17.7 Å². The standard InChI is InChI=1S/C24H29N3O4/c1-5-26(6-2)13-14-27-21(17-9-11-25-12-10-17)20(23(29)24(27)30)22(28)19-8-7-18(31-4)15-16(19)3/h7-12,15,21,28H,5-6,13-14H2,1-4H3/b22-20+/t21-/m0/s1. The van der Waals surface area contributed by atoms with Gasteiger partial charge in [-0.2, -0.15) is 0 Å². The number of carbonyl (C=O) groups excluding carboxylic acids is 2. The number of carbonyl (C=O) groups is 2. The number of aliphatic hydroxyl groups excluding tert-OH is 1. The summed E-state index contributed by atoms with van der Waals surface area (Å²) in [5.74, 6) is -0.791. The van der Waals surface area contributed by atoms with Gasteiger partial charge in [-0.15, -0.1) is 0 Å². The number of pyridine rings is 1. The van der Waals surface area contributed by atoms with Crippen LogP contribution in [0.1, 0.15) is 36.6 Å². The Morgan fingerprint density at radius 3 is 2.42 bits per heavy atom. The number of ether oxygens (including phenoxy) is 1. The van der Waals surface area contributed by atoms with Crippen molar-refractivity contribution in [2.75, 3.05) is 33.3 Å². The molecule has 0 saturated carbocycles. The molecule has 1 N–H and O–H groups in total. The minimum atomic E-state index is -0.672. The van der Waals surface area contributed by atoms with E-state index in [1.54, 1.807) is 54.7 Å². The zero-order valence-electron chi connectivity index (χ0n) is 18.5. The molecular formula is C24H29N3O4. The Kier molecular flexibility index (Phi) is 7.07. The van der Waals surface area contributed by atoms with Gasteiger partial charge >= 0.3 is 0 Å². The number of aromatic nitrogens is 1. The van der Waals surface area contributed by atoms with Crippen LogP contribution in [0.5, 0.6) is 5.75 Å². The molecule has 0 aliphatic carbocycles. The zero-order chi connectivity index (χ0) is 22.5. The molecule has 0 unspecified atom stereocenters. The molecule has 2 aromatic rings. The molecule has 0 bridgehead atoms. The third-order valence-electron chi connectivity index (χ3n) is 5.80. The molecule has 7 heteroatoms. The van der Waals surface area contributed by atoms with Crippen molar-refractivity contribution in [3.05, 3.63) is 65.0 Å². The van der Waals surface area contributed by atoms with E-state index in [4.69, 9.17) is 4.74 Å². The number of amides is 1. The molecule has 7 nitrogen and oxygen atoms in total. The summed E-state index contributed by atoms with van der Waals surface area (Å²) < 4.78 is 5.24. The second-order valence-corrected chi connectivity index (χ2v) is 7.48. The van der Waals surface area contributed by atoms with E-state index >= 15 is 0 Å². The van der Waals surface area contributed by atoms with Gasteiger partial charge in [-0.05, 0) is 61.5 Å². The minimum Gasteiger partial charge on any atom is -0.507 e. The van der Waals surface area contributed by atoms with Gasteiger partial charge in [-0.3, -0.25) is 14.6 Å². The summed E-state index contributed by atoms with van der Waals surface area (Å²) >= 11 is 0. The number of nitrogens with zero attached hydrogens (tertiary/aromatic N) is 3. The van der Waals surface area contributed by atoms with Crippen LogP contribution in [0.3, 0.4) is 0 Å². The smallest absolute Gasteiger partial charge is 0.295 e. The lowest BCUT2D eigenvalue weighted by Gasteiger charge is -2.28. The highest BCUT2D eigenvalue weighted by Gasteiger charge is 2.46. The molecule has 1 fully saturated rings. The van der Waals surface area contributed by atoms with E-state index in [1.165, 1.54) is 0 Å². The van der Waals surface area contributed by atoms with Gasteiger partial charge < -0.3 is 19.6 Å². The number of rotatable bonds is 8. The Labute approximate surface area is 183 Å². The Balaban J connectivity index is 2.10. The maximum atomic E-state index is 13.1. The van der Waals surface area contributed by atoms with Crippen LogP contribution in [0.4, 0.5) is 0 Å². The lowest BCUT2D eigenvalue weighted by atomic mass is 9.94. The van der Waals surface area contributed by atoms with Crippen molar-refractivity contribution < 1.29 is 19.4 Å². The van der Waals surface area contributed by atoms with E-state index in [1.807, 2.05) is 6.92 Å². The molecule has 1 atom stereocenters. The van der Waals surface area contributed by atoms with Crippen molar-refractivity contribution in [2.24, 2.45) is 0 Å². The van der Waals surface area contributed by atoms with Gasteiger partial charge in [0.1, 0.15) is 11.5 Å². The van der Waals surface area contributed by atoms with Crippen LogP contribution < -0.4 is 4.74 Å². The summed E-state index contributed by atoms with van der Waals surface area (Å²) in [6, 6.07) is 8.09. The van der Waals surface area contributed by atoms with Gasteiger partial charge in [-0.25, -0.2) is 0 Å². The highest BCUT2D eigenvalue weighted by atomic mass is 16.5. The van der Waals surface area contributed by atoms with E-state index in [9.17, 15) is 14.7 Å². The highest BCUT2D eigenvalue weighted by molar-refractivity contribution is 6.46. The molecular weight excluding hydrogens is 394 g/mol. The summed E-state index contributed by atoms with van der Waals surface area (Å²) in [5.41, 5.74) is 2.09. The van der Waals surface area contributed by atoms with Gasteiger partial charge in [0, 0.05) is 31.0 Å². The molecule has 2 heterocycles. The van der Waals surface area contributed by atoms with Crippen LogP contribution in [-0.2, 0) is 9.59 Å². The van der Waals surface area contributed by atoms with Crippen LogP contribution in [-0.4, -0.2) is 64.9 Å². The third kappa shape index (κ3) is 4.46. The SMILES string of the molecule is CCN(CC)CCN1C(=O)C(=O)/C(=C(/O)c2ccc(OC)cc2C)[C@@H]1c1ccncc1. The van der Waals surface area contributed by atoms with E-state index in [0.29, 0.717) is 24.4 Å². The molecule has 1 saturated heterocycles. The van der Waals surface area contributed by atoms with Crippen molar-refractivity contribution in [3.8, 4) is 5.75 Å². The molecule has 1 aromatic carbocycles. The predicted molar refractivity (Wildman–Crippen MR) is 119 cm³/mol. The van der Waals surface area contributed by atoms with Gasteiger partial charge in [-0.1, -0.05) is 13.8 Å². The van der Waals surface area contributed by atoms with Crippen molar-refractivity contribution in [2.45, 2.75) is 26.8 Å². The number of likely N-dealkylation sites (N-methyl/N-ethyl adjacent to an activating group) is 1. The number of hydrogen-bond donors (Lipinski definition) is 1. The molecule has 31 heavy (non-hydrogen) atoms. The number of likely N-dealkylation sites (tertiary alicyclic amines) is 1. The molecule has 164 valence electrons. The molecule has 1 aliphatic rings. The fourth-order valence-electron chi connectivity index (χ4n) is 3.97. The fourth-order valence-corrected chi connectivity index (χ4v) is 3.97. The molecule has 1 aliphatic heterocycles. The number of methoxy groups -OCH3 is 1. The Hall–Kier alpha value is -3.19. The van der Waals surface area contributed by atoms with Gasteiger partial charge in [0.15, 0.2) is 0 Å². The van der Waals surface area contributed by atoms with Crippen molar-refractivity contribution in [1.29, 1.82) is 0 Å². The molecule has 0 radical (unpaired) electrons. The Morgan fingerprint density at radius 2 is 1.84 bits per heavy atom. The van der Waals surface area contributed by atoms with Gasteiger partial charge in [0.2, 0.25) is 0 Å². The first-order chi connectivity index (χ1) is 14.9. The molecule has 3 rings (SSSR count). The van der Waals surface area contributed by atoms with Crippen molar-refractivity contribution in [3.63, 3.8) is 0 Å². The number of Topliss-reactive ketones (excluding diaryl/α,β-unsaturated/α-hetero) is 1. The lowest BCUT2D eigenvalue weighted by molar-refractivity contribution is -0.140. The molecule has 1 amide bonds. The maximum Gasteiger partial charge on any atom is 0.295 e. The first-order valence-electron chi connectivity index (χ1n) is 10.5. The summed E-state index contributed by atoms with van der Waals surface area (Å²) in [6.07, 6.45) is 3.25. The van der Waals surface area contributed by atoms with E-state index in [-0.39, 0.29) is 11.3 Å². The second-order valence-electron chi connectivity index (χ2n) is 7.48. The first kappa shape index (κ1) is 22.5. The van der Waals surface area contributed by atoms with Crippen LogP contribution in [0.15, 0.2) is 48.3 Å². The Morgan fingerprint density at radius 1 is 1.16 bits per heavy atom. The normalized spacial score (nSPS) is 18.1. The Bertz CT molecular complexity index is 984. The van der Waals surface area contributed by atoms with Crippen LogP contribution >= 0.6 is 0 Å². The number of aliphatic hydroxyl groups is 1. The van der Waals surface area contributed by atoms with Crippen molar-refractivity contribution in [1.82, 2.24) is 14.8 Å². The summed E-state index contributed by atoms with van der Waals surface area (Å²) in [7, 11) is 1.57. The van der Waals surface area contributed by atoms with Crippen LogP contribution in [0.2, 0.25) is 0 Å². The number of hydrogen-bond acceptors (Lipinski definition) is 6. The monoisotopic (exact) mass is 423 g/mol. The highest BCUT2D eigenvalue weighted by Crippen LogP contribution is 2.39. The van der Waals surface area contributed by atoms with Crippen molar-refractivity contribution >= 4 is 17.4 Å². The minimum absolute atomic E-state index is 0.101. The number of aryl methyl sites for hydroxylation is 1. The summed E-state index contributed by atoms with van der Waals surface area (Å²) in [4.78, 5) is 33.9. The topological polar surface area (TPSA) is 83.0 Å². The van der Waals surface area contributed by atoms with E-state index in [2.05, 4.69) is 23.7 Å². The number of ketones is 1. The predicted octanol–water partition coefficient (Wildman–Crippen LogP) is 3.16. The van der Waals surface area contributed by atoms with Gasteiger partial charge in [0.25, 0.3) is 11.7 Å². The zero-order valence-corrected chi connectivity index (χ0v) is 18.5.